The smallest absolute Gasteiger partial charge is 0.460 e. The molecule has 0 saturated heterocycles. The molecule has 0 bridgehead atoms. The summed E-state index contributed by atoms with van der Waals surface area (Å²) in [6, 6.07) is 10.7. The van der Waals surface area contributed by atoms with Crippen molar-refractivity contribution in [3.63, 3.8) is 0 Å². The predicted molar refractivity (Wildman–Crippen MR) is 207 cm³/mol. The molecule has 0 radical (unpaired) electrons. The molecule has 2 rings (SSSR count). The number of benzene rings is 2. The van der Waals surface area contributed by atoms with Crippen molar-refractivity contribution >= 4 is 26.0 Å². The second-order valence-corrected chi connectivity index (χ2v) is 20.8. The van der Waals surface area contributed by atoms with E-state index in [0.717, 1.165) is 6.08 Å². The van der Waals surface area contributed by atoms with Gasteiger partial charge in [0.15, 0.2) is 8.32 Å². The standard InChI is InChI=1S/C40H47F17N2O7Si/c1-23(2)67(24(3)4,22-19-33(41,42)34(43,44)35(45,46)36(47,48)37(49,50)38(51,52)39(53,54)40(55,56)57)65-21-20-64-29-15-11-26(12-16-29)31(25(5)9-7-8-10-30(60)59-62)66-32(61)58-27-13-17-28(63-6)18-14-27/h8,10-18,23-25,31,62H,7,9,19-22H2,1-6H3,(H,58,61)(H,59,60)/b10-8+/t25-,31-/m1/s1. The van der Waals surface area contributed by atoms with Crippen LogP contribution in [0, 0.1) is 5.92 Å². The Hall–Kier alpha value is -4.53. The van der Waals surface area contributed by atoms with Crippen LogP contribution in [0.1, 0.15) is 65.5 Å². The molecule has 0 aliphatic rings. The summed E-state index contributed by atoms with van der Waals surface area (Å²) < 4.78 is 258. The lowest BCUT2D eigenvalue weighted by Gasteiger charge is -2.44. The van der Waals surface area contributed by atoms with Crippen LogP contribution in [0.25, 0.3) is 0 Å². The number of ether oxygens (including phenoxy) is 3. The lowest BCUT2D eigenvalue weighted by Crippen LogP contribution is -2.74. The Morgan fingerprint density at radius 3 is 1.61 bits per heavy atom. The van der Waals surface area contributed by atoms with Gasteiger partial charge < -0.3 is 18.6 Å². The van der Waals surface area contributed by atoms with E-state index in [1.54, 1.807) is 31.2 Å². The normalized spacial score (nSPS) is 14.9. The highest BCUT2D eigenvalue weighted by molar-refractivity contribution is 6.76. The van der Waals surface area contributed by atoms with Crippen molar-refractivity contribution in [3.05, 3.63) is 66.2 Å². The van der Waals surface area contributed by atoms with E-state index in [0.29, 0.717) is 29.8 Å². The van der Waals surface area contributed by atoms with Crippen LogP contribution in [0.15, 0.2) is 60.7 Å². The van der Waals surface area contributed by atoms with Crippen LogP contribution in [-0.2, 0) is 14.0 Å². The number of carbonyl (C=O) groups excluding carboxylic acids is 2. The number of hydroxylamine groups is 1. The fourth-order valence-electron chi connectivity index (χ4n) is 6.69. The molecule has 0 fully saturated rings. The van der Waals surface area contributed by atoms with Crippen molar-refractivity contribution < 1.29 is 108 Å². The average Bonchev–Trinajstić information content (AvgIpc) is 3.23. The maximum atomic E-state index is 15.0. The van der Waals surface area contributed by atoms with E-state index in [1.807, 2.05) is 0 Å². The van der Waals surface area contributed by atoms with Crippen LogP contribution in [0.5, 0.6) is 11.5 Å². The molecular formula is C40H47F17N2O7Si. The molecule has 0 saturated carbocycles. The number of amides is 2. The number of anilines is 1. The average molecular weight is 1020 g/mol. The van der Waals surface area contributed by atoms with Crippen molar-refractivity contribution in [2.24, 2.45) is 5.92 Å². The van der Waals surface area contributed by atoms with Gasteiger partial charge in [0.25, 0.3) is 5.91 Å². The van der Waals surface area contributed by atoms with Gasteiger partial charge in [0.2, 0.25) is 0 Å². The van der Waals surface area contributed by atoms with E-state index >= 15 is 8.78 Å². The molecule has 9 nitrogen and oxygen atoms in total. The van der Waals surface area contributed by atoms with Gasteiger partial charge in [-0.15, -0.1) is 0 Å². The third-order valence-electron chi connectivity index (χ3n) is 10.8. The summed E-state index contributed by atoms with van der Waals surface area (Å²) in [4.78, 5) is 24.3. The second-order valence-electron chi connectivity index (χ2n) is 15.8. The van der Waals surface area contributed by atoms with Gasteiger partial charge in [0.05, 0.1) is 13.7 Å². The van der Waals surface area contributed by atoms with E-state index in [-0.39, 0.29) is 5.75 Å². The molecule has 3 N–H and O–H groups in total. The van der Waals surface area contributed by atoms with Gasteiger partial charge >= 0.3 is 53.7 Å². The molecule has 2 aromatic rings. The van der Waals surface area contributed by atoms with Crippen molar-refractivity contribution in [1.29, 1.82) is 0 Å². The molecule has 0 aliphatic carbocycles. The number of halogens is 17. The highest BCUT2D eigenvalue weighted by atomic mass is 28.4. The number of methoxy groups -OCH3 is 1. The molecule has 382 valence electrons. The van der Waals surface area contributed by atoms with Gasteiger partial charge in [-0.1, -0.05) is 52.8 Å². The topological polar surface area (TPSA) is 115 Å². The van der Waals surface area contributed by atoms with E-state index in [1.165, 1.54) is 70.6 Å². The number of alkyl halides is 17. The maximum absolute atomic E-state index is 15.0. The van der Waals surface area contributed by atoms with Crippen LogP contribution < -0.4 is 20.3 Å². The predicted octanol–water partition coefficient (Wildman–Crippen LogP) is 13.0. The number of rotatable bonds is 25. The van der Waals surface area contributed by atoms with Gasteiger partial charge in [-0.25, -0.2) is 10.3 Å². The van der Waals surface area contributed by atoms with Gasteiger partial charge in [-0.05, 0) is 77.8 Å². The molecule has 2 atom stereocenters. The van der Waals surface area contributed by atoms with Crippen LogP contribution in [-0.4, -0.2) is 93.5 Å². The van der Waals surface area contributed by atoms with Crippen LogP contribution in [0.3, 0.4) is 0 Å². The Kier molecular flexibility index (Phi) is 19.1. The molecule has 0 unspecified atom stereocenters. The monoisotopic (exact) mass is 1020 g/mol. The molecular weight excluding hydrogens is 971 g/mol. The zero-order valence-electron chi connectivity index (χ0n) is 36.1. The van der Waals surface area contributed by atoms with Crippen LogP contribution >= 0.6 is 0 Å². The van der Waals surface area contributed by atoms with Gasteiger partial charge in [-0.2, -0.15) is 74.6 Å². The fourth-order valence-corrected chi connectivity index (χ4v) is 11.2. The zero-order valence-corrected chi connectivity index (χ0v) is 37.1. The highest BCUT2D eigenvalue weighted by Crippen LogP contribution is 2.64. The van der Waals surface area contributed by atoms with E-state index in [2.05, 4.69) is 5.32 Å². The van der Waals surface area contributed by atoms with Crippen LogP contribution in [0.4, 0.5) is 85.1 Å². The van der Waals surface area contributed by atoms with Crippen molar-refractivity contribution in [1.82, 2.24) is 5.48 Å². The van der Waals surface area contributed by atoms with E-state index < -0.39 is 117 Å². The zero-order chi connectivity index (χ0) is 51.8. The first-order valence-electron chi connectivity index (χ1n) is 19.8. The summed E-state index contributed by atoms with van der Waals surface area (Å²) in [6.07, 6.45) is -9.00. The maximum Gasteiger partial charge on any atom is 0.460 e. The Morgan fingerprint density at radius 1 is 0.672 bits per heavy atom. The lowest BCUT2D eigenvalue weighted by atomic mass is 9.88. The third kappa shape index (κ3) is 12.4. The molecule has 27 heteroatoms. The largest absolute Gasteiger partial charge is 0.497 e. The van der Waals surface area contributed by atoms with Gasteiger partial charge in [0.1, 0.15) is 24.2 Å². The SMILES string of the molecule is COc1ccc(NC(=O)O[C@@H](c2ccc(OCCO[Si](CCC(F)(F)C(F)(F)C(F)(F)C(F)(F)C(F)(F)C(F)(F)C(F)(F)C(F)(F)F)(C(C)C)C(C)C)cc2)[C@H](C)CC/C=C/C(=O)NO)cc1. The van der Waals surface area contributed by atoms with E-state index in [9.17, 15) is 75.4 Å². The van der Waals surface area contributed by atoms with Gasteiger partial charge in [-0.3, -0.25) is 15.3 Å². The number of hydrogen-bond acceptors (Lipinski definition) is 7. The summed E-state index contributed by atoms with van der Waals surface area (Å²) >= 11 is 0. The molecule has 0 aliphatic heterocycles. The number of carbonyl (C=O) groups is 2. The number of allylic oxidation sites excluding steroid dienone is 1. The minimum absolute atomic E-state index is 0.116. The second kappa shape index (κ2) is 21.8. The Labute approximate surface area is 373 Å². The quantitative estimate of drug-likeness (QED) is 0.0227. The summed E-state index contributed by atoms with van der Waals surface area (Å²) in [5.74, 6) is -57.4. The number of nitrogens with one attached hydrogen (secondary N) is 2. The summed E-state index contributed by atoms with van der Waals surface area (Å²) in [7, 11) is -2.58. The molecule has 2 amide bonds. The minimum Gasteiger partial charge on any atom is -0.497 e. The molecule has 0 heterocycles. The van der Waals surface area contributed by atoms with Gasteiger partial charge in [0, 0.05) is 18.2 Å². The summed E-state index contributed by atoms with van der Waals surface area (Å²) in [6.45, 7) is 6.02. The Morgan fingerprint density at radius 2 is 1.15 bits per heavy atom. The number of hydrogen-bond donors (Lipinski definition) is 3. The minimum atomic E-state index is -8.70. The van der Waals surface area contributed by atoms with Crippen molar-refractivity contribution in [2.45, 2.75) is 125 Å². The van der Waals surface area contributed by atoms with Crippen molar-refractivity contribution in [3.8, 4) is 11.5 Å². The van der Waals surface area contributed by atoms with Crippen LogP contribution in [0.2, 0.25) is 17.1 Å². The molecule has 0 aromatic heterocycles. The summed E-state index contributed by atoms with van der Waals surface area (Å²) in [5.41, 5.74) is 0.436. The van der Waals surface area contributed by atoms with E-state index in [4.69, 9.17) is 23.8 Å². The third-order valence-corrected chi connectivity index (χ3v) is 16.4. The Bertz CT molecular complexity index is 1940. The fraction of sp³-hybridized carbons (Fsp3) is 0.600. The molecule has 67 heavy (non-hydrogen) atoms. The first kappa shape index (κ1) is 58.6. The molecule has 2 aromatic carbocycles. The molecule has 0 spiro atoms. The Balaban J connectivity index is 2.29. The van der Waals surface area contributed by atoms with Crippen molar-refractivity contribution in [2.75, 3.05) is 25.6 Å². The first-order chi connectivity index (χ1) is 30.5. The highest BCUT2D eigenvalue weighted by Gasteiger charge is 2.95. The summed E-state index contributed by atoms with van der Waals surface area (Å²) in [5, 5.41) is 11.3. The first-order valence-corrected chi connectivity index (χ1v) is 22.0. The lowest BCUT2D eigenvalue weighted by molar-refractivity contribution is -0.461.